The molecular formula is C16H19ClN2O. The van der Waals surface area contributed by atoms with Crippen molar-refractivity contribution >= 4 is 23.2 Å². The second-order valence-electron chi connectivity index (χ2n) is 6.60. The zero-order valence-electron chi connectivity index (χ0n) is 11.6. The van der Waals surface area contributed by atoms with Crippen LogP contribution >= 0.6 is 11.6 Å². The van der Waals surface area contributed by atoms with Crippen molar-refractivity contribution in [3.05, 3.63) is 28.3 Å². The van der Waals surface area contributed by atoms with Gasteiger partial charge in [0.05, 0.1) is 16.1 Å². The molecule has 106 valence electrons. The number of halogens is 1. The van der Waals surface area contributed by atoms with Crippen LogP contribution in [0.2, 0.25) is 5.02 Å². The summed E-state index contributed by atoms with van der Waals surface area (Å²) in [4.78, 5) is 12.1. The van der Waals surface area contributed by atoms with Gasteiger partial charge in [0.2, 0.25) is 5.91 Å². The summed E-state index contributed by atoms with van der Waals surface area (Å²) in [6.45, 7) is 3.34. The Labute approximate surface area is 124 Å². The highest BCUT2D eigenvalue weighted by Gasteiger charge is 2.56. The molecule has 2 unspecified atom stereocenters. The van der Waals surface area contributed by atoms with Crippen LogP contribution in [0, 0.1) is 5.92 Å². The van der Waals surface area contributed by atoms with Gasteiger partial charge in [-0.3, -0.25) is 4.79 Å². The number of fused-ring (bicyclic) bond motifs is 2. The van der Waals surface area contributed by atoms with E-state index < -0.39 is 0 Å². The molecule has 4 heteroatoms. The molecule has 1 spiro atoms. The molecule has 2 heterocycles. The summed E-state index contributed by atoms with van der Waals surface area (Å²) in [6.07, 6.45) is 4.31. The number of piperidine rings is 1. The first-order valence-electron chi connectivity index (χ1n) is 7.49. The molecule has 3 nitrogen and oxygen atoms in total. The minimum absolute atomic E-state index is 0.136. The number of carbonyl (C=O) groups is 1. The molecule has 0 bridgehead atoms. The molecular weight excluding hydrogens is 272 g/mol. The van der Waals surface area contributed by atoms with Crippen LogP contribution in [0.25, 0.3) is 0 Å². The number of hydrogen-bond donors (Lipinski definition) is 2. The van der Waals surface area contributed by atoms with Gasteiger partial charge in [0.15, 0.2) is 0 Å². The Morgan fingerprint density at radius 1 is 1.30 bits per heavy atom. The van der Waals surface area contributed by atoms with Crippen molar-refractivity contribution in [3.8, 4) is 0 Å². The van der Waals surface area contributed by atoms with Crippen molar-refractivity contribution in [2.24, 2.45) is 5.92 Å². The summed E-state index contributed by atoms with van der Waals surface area (Å²) >= 11 is 6.40. The molecule has 0 aromatic heterocycles. The van der Waals surface area contributed by atoms with Crippen molar-refractivity contribution in [2.45, 2.75) is 44.1 Å². The molecule has 20 heavy (non-hydrogen) atoms. The Hall–Kier alpha value is -1.06. The highest BCUT2D eigenvalue weighted by Crippen LogP contribution is 2.57. The molecule has 1 saturated carbocycles. The number of hydrogen-bond acceptors (Lipinski definition) is 2. The highest BCUT2D eigenvalue weighted by molar-refractivity contribution is 6.35. The largest absolute Gasteiger partial charge is 0.324 e. The Bertz CT molecular complexity index is 586. The quantitative estimate of drug-likeness (QED) is 0.832. The van der Waals surface area contributed by atoms with Gasteiger partial charge < -0.3 is 10.6 Å². The second kappa shape index (κ2) is 4.22. The number of amides is 1. The van der Waals surface area contributed by atoms with Crippen LogP contribution < -0.4 is 10.6 Å². The lowest BCUT2D eigenvalue weighted by molar-refractivity contribution is -0.117. The summed E-state index contributed by atoms with van der Waals surface area (Å²) in [5.41, 5.74) is 2.97. The fraction of sp³-hybridized carbons (Fsp3) is 0.562. The topological polar surface area (TPSA) is 41.1 Å². The fourth-order valence-corrected chi connectivity index (χ4v) is 3.87. The molecule has 2 fully saturated rings. The van der Waals surface area contributed by atoms with E-state index in [-0.39, 0.29) is 11.3 Å². The van der Waals surface area contributed by atoms with E-state index in [0.717, 1.165) is 43.0 Å². The van der Waals surface area contributed by atoms with Gasteiger partial charge in [0, 0.05) is 6.04 Å². The maximum atomic E-state index is 12.1. The Morgan fingerprint density at radius 3 is 2.75 bits per heavy atom. The predicted molar refractivity (Wildman–Crippen MR) is 80.1 cm³/mol. The lowest BCUT2D eigenvalue weighted by Crippen LogP contribution is -2.32. The standard InChI is InChI=1S/C16H19ClN2O/c1-9-2-3-13(18-8-9)10-6-11-14(12(17)7-10)19-15(20)16(11)4-5-16/h6-7,9,13,18H,2-5,8H2,1H3,(H,19,20). The van der Waals surface area contributed by atoms with Crippen LogP contribution in [0.1, 0.15) is 49.8 Å². The van der Waals surface area contributed by atoms with E-state index in [4.69, 9.17) is 11.6 Å². The van der Waals surface area contributed by atoms with Crippen LogP contribution in [0.4, 0.5) is 5.69 Å². The van der Waals surface area contributed by atoms with Gasteiger partial charge in [0.1, 0.15) is 0 Å². The summed E-state index contributed by atoms with van der Waals surface area (Å²) in [7, 11) is 0. The molecule has 1 saturated heterocycles. The maximum Gasteiger partial charge on any atom is 0.235 e. The Balaban J connectivity index is 1.72. The minimum Gasteiger partial charge on any atom is -0.324 e. The number of benzene rings is 1. The van der Waals surface area contributed by atoms with E-state index in [1.165, 1.54) is 12.0 Å². The average molecular weight is 291 g/mol. The molecule has 2 N–H and O–H groups in total. The van der Waals surface area contributed by atoms with E-state index in [1.54, 1.807) is 0 Å². The molecule has 1 aromatic rings. The van der Waals surface area contributed by atoms with Crippen molar-refractivity contribution in [3.63, 3.8) is 0 Å². The van der Waals surface area contributed by atoms with Gasteiger partial charge in [-0.05, 0) is 55.3 Å². The molecule has 3 aliphatic rings. The zero-order valence-corrected chi connectivity index (χ0v) is 12.4. The summed E-state index contributed by atoms with van der Waals surface area (Å²) in [5, 5.41) is 7.25. The Kier molecular flexibility index (Phi) is 2.67. The normalized spacial score (nSPS) is 30.2. The summed E-state index contributed by atoms with van der Waals surface area (Å²) in [6, 6.07) is 4.61. The van der Waals surface area contributed by atoms with Gasteiger partial charge in [-0.1, -0.05) is 24.6 Å². The number of anilines is 1. The SMILES string of the molecule is CC1CCC(c2cc(Cl)c3c(c2)C2(CC2)C(=O)N3)NC1. The molecule has 2 atom stereocenters. The van der Waals surface area contributed by atoms with E-state index in [0.29, 0.717) is 11.1 Å². The average Bonchev–Trinajstić information content (AvgIpc) is 3.17. The monoisotopic (exact) mass is 290 g/mol. The number of carbonyl (C=O) groups excluding carboxylic acids is 1. The zero-order chi connectivity index (χ0) is 13.9. The number of rotatable bonds is 1. The van der Waals surface area contributed by atoms with Gasteiger partial charge in [0.25, 0.3) is 0 Å². The van der Waals surface area contributed by atoms with Crippen molar-refractivity contribution in [2.75, 3.05) is 11.9 Å². The van der Waals surface area contributed by atoms with Crippen LogP contribution in [0.15, 0.2) is 12.1 Å². The van der Waals surface area contributed by atoms with Crippen LogP contribution in [0.3, 0.4) is 0 Å². The lowest BCUT2D eigenvalue weighted by atomic mass is 9.89. The fourth-order valence-electron chi connectivity index (χ4n) is 3.59. The molecule has 4 rings (SSSR count). The summed E-state index contributed by atoms with van der Waals surface area (Å²) in [5.74, 6) is 0.881. The van der Waals surface area contributed by atoms with Gasteiger partial charge >= 0.3 is 0 Å². The minimum atomic E-state index is -0.253. The molecule has 1 aromatic carbocycles. The maximum absolute atomic E-state index is 12.1. The number of nitrogens with one attached hydrogen (secondary N) is 2. The van der Waals surface area contributed by atoms with Crippen LogP contribution in [0.5, 0.6) is 0 Å². The first kappa shape index (κ1) is 12.7. The van der Waals surface area contributed by atoms with E-state index >= 15 is 0 Å². The lowest BCUT2D eigenvalue weighted by Gasteiger charge is -2.28. The highest BCUT2D eigenvalue weighted by atomic mass is 35.5. The molecule has 1 amide bonds. The van der Waals surface area contributed by atoms with Crippen molar-refractivity contribution in [1.82, 2.24) is 5.32 Å². The third-order valence-electron chi connectivity index (χ3n) is 5.11. The van der Waals surface area contributed by atoms with E-state index in [1.807, 2.05) is 6.07 Å². The van der Waals surface area contributed by atoms with Crippen LogP contribution in [-0.4, -0.2) is 12.5 Å². The Morgan fingerprint density at radius 2 is 2.10 bits per heavy atom. The van der Waals surface area contributed by atoms with Gasteiger partial charge in [-0.15, -0.1) is 0 Å². The van der Waals surface area contributed by atoms with E-state index in [9.17, 15) is 4.79 Å². The van der Waals surface area contributed by atoms with Gasteiger partial charge in [-0.2, -0.15) is 0 Å². The van der Waals surface area contributed by atoms with Crippen molar-refractivity contribution < 1.29 is 4.79 Å². The predicted octanol–water partition coefficient (Wildman–Crippen LogP) is 3.38. The third-order valence-corrected chi connectivity index (χ3v) is 5.41. The summed E-state index contributed by atoms with van der Waals surface area (Å²) < 4.78 is 0. The third kappa shape index (κ3) is 1.73. The van der Waals surface area contributed by atoms with Gasteiger partial charge in [-0.25, -0.2) is 0 Å². The molecule has 1 aliphatic carbocycles. The smallest absolute Gasteiger partial charge is 0.235 e. The second-order valence-corrected chi connectivity index (χ2v) is 7.01. The van der Waals surface area contributed by atoms with E-state index in [2.05, 4.69) is 23.6 Å². The van der Waals surface area contributed by atoms with Crippen molar-refractivity contribution in [1.29, 1.82) is 0 Å². The molecule has 2 aliphatic heterocycles. The molecule has 0 radical (unpaired) electrons. The first-order chi connectivity index (χ1) is 9.60. The van der Waals surface area contributed by atoms with Crippen LogP contribution in [-0.2, 0) is 10.2 Å². The first-order valence-corrected chi connectivity index (χ1v) is 7.87.